The maximum absolute atomic E-state index is 12.4. The van der Waals surface area contributed by atoms with Crippen molar-refractivity contribution in [2.45, 2.75) is 19.2 Å². The first-order chi connectivity index (χ1) is 15.4. The van der Waals surface area contributed by atoms with Gasteiger partial charge in [-0.25, -0.2) is 9.97 Å². The number of ether oxygens (including phenoxy) is 1. The highest BCUT2D eigenvalue weighted by molar-refractivity contribution is 5.66. The minimum absolute atomic E-state index is 0.294. The summed E-state index contributed by atoms with van der Waals surface area (Å²) in [6, 6.07) is 12.9. The number of aromatic nitrogens is 4. The van der Waals surface area contributed by atoms with Crippen LogP contribution in [0.25, 0.3) is 16.9 Å². The Morgan fingerprint density at radius 3 is 2.59 bits per heavy atom. The van der Waals surface area contributed by atoms with Crippen LogP contribution >= 0.6 is 0 Å². The second-order valence-corrected chi connectivity index (χ2v) is 6.87. The summed E-state index contributed by atoms with van der Waals surface area (Å²) in [5.74, 6) is 0.274. The molecule has 0 atom stereocenters. The summed E-state index contributed by atoms with van der Waals surface area (Å²) in [5.41, 5.74) is 3.27. The van der Waals surface area contributed by atoms with Crippen molar-refractivity contribution in [3.63, 3.8) is 0 Å². The van der Waals surface area contributed by atoms with E-state index in [-0.39, 0.29) is 5.75 Å². The number of hydrogen-bond acceptors (Lipinski definition) is 6. The first kappa shape index (κ1) is 21.1. The lowest BCUT2D eigenvalue weighted by Gasteiger charge is -2.12. The Hall–Kier alpha value is -4.13. The maximum Gasteiger partial charge on any atom is 0.573 e. The van der Waals surface area contributed by atoms with Crippen LogP contribution in [0.3, 0.4) is 0 Å². The Kier molecular flexibility index (Phi) is 5.89. The minimum Gasteiger partial charge on any atom is -0.406 e. The molecule has 3 aromatic heterocycles. The van der Waals surface area contributed by atoms with Gasteiger partial charge in [-0.05, 0) is 49.2 Å². The molecule has 10 heteroatoms. The fourth-order valence-corrected chi connectivity index (χ4v) is 3.13. The quantitative estimate of drug-likeness (QED) is 0.424. The molecule has 0 aliphatic rings. The fraction of sp³-hybridized carbons (Fsp3) is 0.182. The Morgan fingerprint density at radius 1 is 1.09 bits per heavy atom. The number of fused-ring (bicyclic) bond motifs is 1. The van der Waals surface area contributed by atoms with Crippen molar-refractivity contribution in [3.8, 4) is 23.1 Å². The fourth-order valence-electron chi connectivity index (χ4n) is 3.13. The SMILES string of the molecule is N#Cc1ccc(CCCNc2nc(-c3ccc(OC(F)(F)F)cc3)cc3nccn23)nc1. The zero-order chi connectivity index (χ0) is 22.6. The third-order valence-corrected chi connectivity index (χ3v) is 4.62. The summed E-state index contributed by atoms with van der Waals surface area (Å²) in [6.45, 7) is 0.615. The maximum atomic E-state index is 12.4. The van der Waals surface area contributed by atoms with Gasteiger partial charge in [0.1, 0.15) is 17.5 Å². The molecule has 1 N–H and O–H groups in total. The average Bonchev–Trinajstić information content (AvgIpc) is 3.25. The number of anilines is 1. The molecule has 0 saturated carbocycles. The first-order valence-electron chi connectivity index (χ1n) is 9.70. The number of nitrogens with one attached hydrogen (secondary N) is 1. The van der Waals surface area contributed by atoms with Gasteiger partial charge in [-0.2, -0.15) is 5.26 Å². The number of imidazole rings is 1. The van der Waals surface area contributed by atoms with Crippen molar-refractivity contribution in [1.29, 1.82) is 5.26 Å². The number of hydrogen-bond donors (Lipinski definition) is 1. The van der Waals surface area contributed by atoms with Gasteiger partial charge in [-0.1, -0.05) is 0 Å². The lowest BCUT2D eigenvalue weighted by Crippen LogP contribution is -2.16. The highest BCUT2D eigenvalue weighted by atomic mass is 19.4. The molecule has 0 radical (unpaired) electrons. The number of benzene rings is 1. The van der Waals surface area contributed by atoms with Crippen LogP contribution in [0, 0.1) is 11.3 Å². The summed E-state index contributed by atoms with van der Waals surface area (Å²) < 4.78 is 42.8. The van der Waals surface area contributed by atoms with Crippen LogP contribution in [0.5, 0.6) is 5.75 Å². The van der Waals surface area contributed by atoms with E-state index < -0.39 is 6.36 Å². The van der Waals surface area contributed by atoms with Crippen molar-refractivity contribution >= 4 is 11.6 Å². The van der Waals surface area contributed by atoms with E-state index in [4.69, 9.17) is 5.26 Å². The summed E-state index contributed by atoms with van der Waals surface area (Å²) in [7, 11) is 0. The van der Waals surface area contributed by atoms with Crippen molar-refractivity contribution in [1.82, 2.24) is 19.4 Å². The molecule has 0 amide bonds. The molecule has 0 bridgehead atoms. The first-order valence-corrected chi connectivity index (χ1v) is 9.70. The van der Waals surface area contributed by atoms with Crippen LogP contribution in [0.2, 0.25) is 0 Å². The zero-order valence-corrected chi connectivity index (χ0v) is 16.7. The van der Waals surface area contributed by atoms with E-state index >= 15 is 0 Å². The molecular formula is C22H17F3N6O. The lowest BCUT2D eigenvalue weighted by atomic mass is 10.1. The topological polar surface area (TPSA) is 88.1 Å². The number of nitrogens with zero attached hydrogens (tertiary/aromatic N) is 5. The van der Waals surface area contributed by atoms with Crippen LogP contribution in [0.1, 0.15) is 17.7 Å². The normalized spacial score (nSPS) is 11.3. The molecule has 0 saturated heterocycles. The van der Waals surface area contributed by atoms with Crippen molar-refractivity contribution in [3.05, 3.63) is 72.3 Å². The summed E-state index contributed by atoms with van der Waals surface area (Å²) in [6.07, 6.45) is 1.74. The van der Waals surface area contributed by atoms with Crippen LogP contribution < -0.4 is 10.1 Å². The molecule has 0 aliphatic carbocycles. The average molecular weight is 438 g/mol. The third kappa shape index (κ3) is 5.13. The molecule has 0 spiro atoms. The van der Waals surface area contributed by atoms with Crippen molar-refractivity contribution in [2.24, 2.45) is 0 Å². The Bertz CT molecular complexity index is 1240. The minimum atomic E-state index is -4.74. The molecule has 0 unspecified atom stereocenters. The van der Waals surface area contributed by atoms with Crippen LogP contribution in [0.4, 0.5) is 19.1 Å². The highest BCUT2D eigenvalue weighted by Gasteiger charge is 2.31. The Labute approximate surface area is 181 Å². The van der Waals surface area contributed by atoms with Crippen molar-refractivity contribution in [2.75, 3.05) is 11.9 Å². The molecule has 162 valence electrons. The van der Waals surface area contributed by atoms with Gasteiger partial charge in [0.05, 0.1) is 11.3 Å². The van der Waals surface area contributed by atoms with E-state index in [1.165, 1.54) is 24.3 Å². The van der Waals surface area contributed by atoms with E-state index in [9.17, 15) is 13.2 Å². The monoisotopic (exact) mass is 438 g/mol. The molecule has 3 heterocycles. The number of halogens is 3. The molecule has 32 heavy (non-hydrogen) atoms. The Morgan fingerprint density at radius 2 is 1.91 bits per heavy atom. The standard InChI is InChI=1S/C22H17F3N6O/c23-22(24,25)32-18-7-4-16(5-8-18)19-12-20-27-10-11-31(20)21(30-19)28-9-1-2-17-6-3-15(13-26)14-29-17/h3-8,10-12,14H,1-2,9H2,(H,28,30). The van der Waals surface area contributed by atoms with Gasteiger partial charge in [0.15, 0.2) is 0 Å². The second-order valence-electron chi connectivity index (χ2n) is 6.87. The van der Waals surface area contributed by atoms with Gasteiger partial charge in [0.2, 0.25) is 5.95 Å². The Balaban J connectivity index is 1.46. The number of pyridine rings is 1. The van der Waals surface area contributed by atoms with Gasteiger partial charge < -0.3 is 10.1 Å². The van der Waals surface area contributed by atoms with E-state index in [2.05, 4.69) is 25.0 Å². The molecule has 4 rings (SSSR count). The molecule has 0 fully saturated rings. The molecule has 4 aromatic rings. The summed E-state index contributed by atoms with van der Waals surface area (Å²) in [5, 5.41) is 12.1. The van der Waals surface area contributed by atoms with Crippen LogP contribution in [0.15, 0.2) is 61.1 Å². The molecule has 0 aliphatic heterocycles. The zero-order valence-electron chi connectivity index (χ0n) is 16.7. The molecule has 1 aromatic carbocycles. The molecule has 7 nitrogen and oxygen atoms in total. The highest BCUT2D eigenvalue weighted by Crippen LogP contribution is 2.27. The van der Waals surface area contributed by atoms with E-state index in [0.717, 1.165) is 18.5 Å². The van der Waals surface area contributed by atoms with Gasteiger partial charge in [0, 0.05) is 42.5 Å². The van der Waals surface area contributed by atoms with Crippen molar-refractivity contribution < 1.29 is 17.9 Å². The molecular weight excluding hydrogens is 421 g/mol. The number of alkyl halides is 3. The van der Waals surface area contributed by atoms with E-state index in [1.807, 2.05) is 12.1 Å². The van der Waals surface area contributed by atoms with Gasteiger partial charge in [-0.15, -0.1) is 13.2 Å². The summed E-state index contributed by atoms with van der Waals surface area (Å²) in [4.78, 5) is 13.2. The predicted molar refractivity (Wildman–Crippen MR) is 111 cm³/mol. The third-order valence-electron chi connectivity index (χ3n) is 4.62. The predicted octanol–water partition coefficient (Wildman–Crippen LogP) is 4.61. The number of aryl methyl sites for hydroxylation is 1. The van der Waals surface area contributed by atoms with Gasteiger partial charge in [-0.3, -0.25) is 9.38 Å². The smallest absolute Gasteiger partial charge is 0.406 e. The number of rotatable bonds is 7. The van der Waals surface area contributed by atoms with E-state index in [1.54, 1.807) is 35.1 Å². The van der Waals surface area contributed by atoms with E-state index in [0.29, 0.717) is 35.0 Å². The van der Waals surface area contributed by atoms with Crippen LogP contribution in [-0.2, 0) is 6.42 Å². The lowest BCUT2D eigenvalue weighted by molar-refractivity contribution is -0.274. The second kappa shape index (κ2) is 8.93. The summed E-state index contributed by atoms with van der Waals surface area (Å²) >= 11 is 0. The van der Waals surface area contributed by atoms with Crippen LogP contribution in [-0.4, -0.2) is 32.3 Å². The van der Waals surface area contributed by atoms with Gasteiger partial charge in [0.25, 0.3) is 0 Å². The number of nitriles is 1. The largest absolute Gasteiger partial charge is 0.573 e. The van der Waals surface area contributed by atoms with Gasteiger partial charge >= 0.3 is 6.36 Å².